The van der Waals surface area contributed by atoms with Crippen LogP contribution in [0.5, 0.6) is 11.5 Å². The topological polar surface area (TPSA) is 94.8 Å². The first-order valence-corrected chi connectivity index (χ1v) is 11.5. The Morgan fingerprint density at radius 2 is 1.83 bits per heavy atom. The summed E-state index contributed by atoms with van der Waals surface area (Å²) >= 11 is 13.7. The van der Waals surface area contributed by atoms with E-state index in [1.54, 1.807) is 18.2 Å². The van der Waals surface area contributed by atoms with Crippen molar-refractivity contribution in [2.45, 2.75) is 4.90 Å². The highest BCUT2D eigenvalue weighted by atomic mass is 35.5. The zero-order valence-corrected chi connectivity index (χ0v) is 18.7. The third kappa shape index (κ3) is 3.79. The lowest BCUT2D eigenvalue weighted by molar-refractivity contribution is 0.354. The number of ether oxygens (including phenoxy) is 2. The molecule has 0 fully saturated rings. The molecule has 8 nitrogen and oxygen atoms in total. The summed E-state index contributed by atoms with van der Waals surface area (Å²) in [6.45, 7) is 0. The molecule has 4 aromatic rings. The van der Waals surface area contributed by atoms with Gasteiger partial charge in [-0.05, 0) is 30.3 Å². The number of fused-ring (bicyclic) bond motifs is 1. The minimum absolute atomic E-state index is 0.0172. The molecule has 0 radical (unpaired) electrons. The monoisotopic (exact) mass is 484 g/mol. The Kier molecular flexibility index (Phi) is 5.49. The maximum absolute atomic E-state index is 12.8. The molecule has 2 aromatic carbocycles. The first kappa shape index (κ1) is 20.7. The van der Waals surface area contributed by atoms with Crippen LogP contribution in [0.2, 0.25) is 10.0 Å². The van der Waals surface area contributed by atoms with Crippen molar-refractivity contribution >= 4 is 55.5 Å². The predicted octanol–water partition coefficient (Wildman–Crippen LogP) is 4.58. The second-order valence-electron chi connectivity index (χ2n) is 6.00. The second-order valence-corrected chi connectivity index (χ2v) is 9.36. The van der Waals surface area contributed by atoms with Crippen LogP contribution >= 0.6 is 34.5 Å². The molecule has 156 valence electrons. The third-order valence-corrected chi connectivity index (χ3v) is 6.88. The highest BCUT2D eigenvalue weighted by Crippen LogP contribution is 2.34. The molecule has 0 aliphatic heterocycles. The summed E-state index contributed by atoms with van der Waals surface area (Å²) < 4.78 is 39.8. The molecule has 0 aliphatic carbocycles. The zero-order chi connectivity index (χ0) is 21.5. The third-order valence-electron chi connectivity index (χ3n) is 4.18. The molecule has 2 heterocycles. The molecule has 0 spiro atoms. The van der Waals surface area contributed by atoms with Gasteiger partial charge in [0, 0.05) is 22.0 Å². The fraction of sp³-hybridized carbons (Fsp3) is 0.111. The molecule has 30 heavy (non-hydrogen) atoms. The largest absolute Gasteiger partial charge is 0.493 e. The summed E-state index contributed by atoms with van der Waals surface area (Å²) in [6.07, 6.45) is 0. The molecule has 0 saturated heterocycles. The fourth-order valence-electron chi connectivity index (χ4n) is 2.77. The van der Waals surface area contributed by atoms with Crippen molar-refractivity contribution in [2.75, 3.05) is 18.9 Å². The van der Waals surface area contributed by atoms with Crippen LogP contribution in [0.3, 0.4) is 0 Å². The molecule has 0 saturated carbocycles. The molecule has 1 N–H and O–H groups in total. The SMILES string of the molecule is COc1ccc(S(=O)(=O)Nc2nc3scc(-c4cc(Cl)ccc4Cl)n3n2)cc1OC. The number of halogens is 2. The smallest absolute Gasteiger partial charge is 0.264 e. The zero-order valence-electron chi connectivity index (χ0n) is 15.6. The van der Waals surface area contributed by atoms with E-state index in [1.807, 2.05) is 5.38 Å². The Labute approximate surface area is 186 Å². The number of nitrogens with one attached hydrogen (secondary N) is 1. The van der Waals surface area contributed by atoms with Gasteiger partial charge >= 0.3 is 0 Å². The van der Waals surface area contributed by atoms with Crippen molar-refractivity contribution in [1.29, 1.82) is 0 Å². The van der Waals surface area contributed by atoms with Gasteiger partial charge in [-0.15, -0.1) is 16.4 Å². The van der Waals surface area contributed by atoms with E-state index >= 15 is 0 Å². The molecule has 12 heteroatoms. The van der Waals surface area contributed by atoms with Crippen molar-refractivity contribution in [3.63, 3.8) is 0 Å². The van der Waals surface area contributed by atoms with Crippen LogP contribution in [0.4, 0.5) is 5.95 Å². The van der Waals surface area contributed by atoms with Crippen molar-refractivity contribution in [2.24, 2.45) is 0 Å². The van der Waals surface area contributed by atoms with E-state index in [0.717, 1.165) is 0 Å². The van der Waals surface area contributed by atoms with Gasteiger partial charge in [-0.3, -0.25) is 0 Å². The summed E-state index contributed by atoms with van der Waals surface area (Å²) in [6, 6.07) is 9.34. The summed E-state index contributed by atoms with van der Waals surface area (Å²) in [7, 11) is -1.06. The lowest BCUT2D eigenvalue weighted by Crippen LogP contribution is -2.14. The number of anilines is 1. The molecular weight excluding hydrogens is 471 g/mol. The van der Waals surface area contributed by atoms with Gasteiger partial charge in [0.25, 0.3) is 16.0 Å². The minimum atomic E-state index is -3.96. The molecule has 0 aliphatic rings. The van der Waals surface area contributed by atoms with Gasteiger partial charge in [0.05, 0.1) is 29.8 Å². The van der Waals surface area contributed by atoms with Crippen LogP contribution in [-0.2, 0) is 10.0 Å². The Morgan fingerprint density at radius 1 is 1.07 bits per heavy atom. The maximum Gasteiger partial charge on any atom is 0.264 e. The molecule has 0 unspecified atom stereocenters. The van der Waals surface area contributed by atoms with Gasteiger partial charge < -0.3 is 9.47 Å². The van der Waals surface area contributed by atoms with E-state index in [0.29, 0.717) is 32.0 Å². The van der Waals surface area contributed by atoms with Crippen LogP contribution in [0.1, 0.15) is 0 Å². The van der Waals surface area contributed by atoms with Crippen LogP contribution < -0.4 is 14.2 Å². The van der Waals surface area contributed by atoms with E-state index in [4.69, 9.17) is 32.7 Å². The standard InChI is InChI=1S/C18H14Cl2N4O4S2/c1-27-15-6-4-11(8-16(15)28-2)30(25,26)23-17-21-18-24(22-17)14(9-29-18)12-7-10(19)3-5-13(12)20/h3-9H,1-2H3,(H,22,23). The van der Waals surface area contributed by atoms with Crippen LogP contribution in [0.25, 0.3) is 16.2 Å². The Hall–Kier alpha value is -2.53. The number of nitrogens with zero attached hydrogens (tertiary/aromatic N) is 3. The lowest BCUT2D eigenvalue weighted by Gasteiger charge is -2.10. The summed E-state index contributed by atoms with van der Waals surface area (Å²) in [5.41, 5.74) is 1.31. The molecule has 0 bridgehead atoms. The van der Waals surface area contributed by atoms with Crippen molar-refractivity contribution < 1.29 is 17.9 Å². The van der Waals surface area contributed by atoms with Crippen molar-refractivity contribution in [3.8, 4) is 22.8 Å². The average molecular weight is 485 g/mol. The fourth-order valence-corrected chi connectivity index (χ4v) is 4.93. The second kappa shape index (κ2) is 7.95. The molecule has 0 atom stereocenters. The number of thiazole rings is 1. The van der Waals surface area contributed by atoms with Gasteiger partial charge in [0.2, 0.25) is 4.96 Å². The van der Waals surface area contributed by atoms with E-state index in [9.17, 15) is 8.42 Å². The molecular formula is C18H14Cl2N4O4S2. The quantitative estimate of drug-likeness (QED) is 0.430. The van der Waals surface area contributed by atoms with Gasteiger partial charge in [-0.1, -0.05) is 23.2 Å². The van der Waals surface area contributed by atoms with E-state index in [-0.39, 0.29) is 16.6 Å². The van der Waals surface area contributed by atoms with E-state index in [2.05, 4.69) is 14.8 Å². The maximum atomic E-state index is 12.8. The Bertz CT molecular complexity index is 1350. The first-order valence-electron chi connectivity index (χ1n) is 8.37. The minimum Gasteiger partial charge on any atom is -0.493 e. The Balaban J connectivity index is 1.70. The predicted molar refractivity (Wildman–Crippen MR) is 117 cm³/mol. The van der Waals surface area contributed by atoms with E-state index < -0.39 is 10.0 Å². The van der Waals surface area contributed by atoms with Gasteiger partial charge in [0.15, 0.2) is 11.5 Å². The lowest BCUT2D eigenvalue weighted by atomic mass is 10.2. The van der Waals surface area contributed by atoms with Gasteiger partial charge in [0.1, 0.15) is 0 Å². The molecule has 4 rings (SSSR count). The van der Waals surface area contributed by atoms with Gasteiger partial charge in [-0.25, -0.2) is 17.7 Å². The number of rotatable bonds is 6. The van der Waals surface area contributed by atoms with Gasteiger partial charge in [-0.2, -0.15) is 4.98 Å². The number of methoxy groups -OCH3 is 2. The number of sulfonamides is 1. The van der Waals surface area contributed by atoms with Crippen LogP contribution in [0, 0.1) is 0 Å². The molecule has 2 aromatic heterocycles. The van der Waals surface area contributed by atoms with Crippen molar-refractivity contribution in [3.05, 3.63) is 51.8 Å². The average Bonchev–Trinajstić information content (AvgIpc) is 3.29. The number of hydrogen-bond donors (Lipinski definition) is 1. The highest BCUT2D eigenvalue weighted by Gasteiger charge is 2.21. The number of benzene rings is 2. The highest BCUT2D eigenvalue weighted by molar-refractivity contribution is 7.92. The summed E-state index contributed by atoms with van der Waals surface area (Å²) in [4.78, 5) is 4.72. The Morgan fingerprint density at radius 3 is 2.57 bits per heavy atom. The number of hydrogen-bond acceptors (Lipinski definition) is 7. The van der Waals surface area contributed by atoms with E-state index in [1.165, 1.54) is 48.3 Å². The normalized spacial score (nSPS) is 11.6. The molecule has 0 amide bonds. The van der Waals surface area contributed by atoms with Crippen molar-refractivity contribution in [1.82, 2.24) is 14.6 Å². The first-order chi connectivity index (χ1) is 14.3. The number of aromatic nitrogens is 3. The summed E-state index contributed by atoms with van der Waals surface area (Å²) in [5.74, 6) is 0.633. The summed E-state index contributed by atoms with van der Waals surface area (Å²) in [5, 5.41) is 7.10. The van der Waals surface area contributed by atoms with Crippen LogP contribution in [-0.4, -0.2) is 37.2 Å². The van der Waals surface area contributed by atoms with Crippen LogP contribution in [0.15, 0.2) is 46.7 Å².